The van der Waals surface area contributed by atoms with Gasteiger partial charge in [0.1, 0.15) is 6.61 Å². The first-order valence-corrected chi connectivity index (χ1v) is 18.0. The van der Waals surface area contributed by atoms with Gasteiger partial charge in [0.2, 0.25) is 10.9 Å². The van der Waals surface area contributed by atoms with E-state index in [0.29, 0.717) is 62.1 Å². The maximum atomic E-state index is 14.3. The lowest BCUT2D eigenvalue weighted by Crippen LogP contribution is -2.31. The van der Waals surface area contributed by atoms with Crippen molar-refractivity contribution >= 4 is 62.5 Å². The molecular formula is C38H30ClN3O7S2. The van der Waals surface area contributed by atoms with Gasteiger partial charge in [0.05, 0.1) is 25.3 Å². The van der Waals surface area contributed by atoms with Crippen LogP contribution < -0.4 is 19.1 Å². The van der Waals surface area contributed by atoms with Crippen molar-refractivity contribution in [1.82, 2.24) is 10.2 Å². The Kier molecular flexibility index (Phi) is 9.98. The number of ketones is 1. The molecule has 1 N–H and O–H groups in total. The third kappa shape index (κ3) is 6.90. The van der Waals surface area contributed by atoms with Crippen molar-refractivity contribution in [1.29, 1.82) is 0 Å². The van der Waals surface area contributed by atoms with E-state index in [9.17, 15) is 14.7 Å². The number of halogens is 1. The molecule has 0 fully saturated rings. The van der Waals surface area contributed by atoms with Crippen LogP contribution in [0.15, 0.2) is 117 Å². The lowest BCUT2D eigenvalue weighted by molar-refractivity contribution is -0.117. The number of carbonyl (C=O) groups excluding carboxylic acids is 2. The molecule has 0 radical (unpaired) electrons. The van der Waals surface area contributed by atoms with Gasteiger partial charge in [-0.1, -0.05) is 101 Å². The van der Waals surface area contributed by atoms with Gasteiger partial charge in [-0.3, -0.25) is 14.5 Å². The molecule has 0 bridgehead atoms. The molecule has 13 heteroatoms. The van der Waals surface area contributed by atoms with E-state index in [1.165, 1.54) is 23.8 Å². The minimum absolute atomic E-state index is 0.0724. The number of furan rings is 1. The summed E-state index contributed by atoms with van der Waals surface area (Å²) in [5.74, 6) is -0.440. The van der Waals surface area contributed by atoms with Gasteiger partial charge in [0.15, 0.2) is 38.7 Å². The van der Waals surface area contributed by atoms with E-state index < -0.39 is 23.5 Å². The van der Waals surface area contributed by atoms with Crippen LogP contribution >= 0.6 is 34.7 Å². The number of benzene rings is 4. The molecule has 0 saturated carbocycles. The number of amides is 1. The van der Waals surface area contributed by atoms with Gasteiger partial charge < -0.3 is 23.7 Å². The zero-order chi connectivity index (χ0) is 35.5. The third-order valence-corrected chi connectivity index (χ3v) is 10.6. The largest absolute Gasteiger partial charge is 0.503 e. The fourth-order valence-corrected chi connectivity index (χ4v) is 7.88. The number of hydrogen-bond donors (Lipinski definition) is 1. The number of Topliss-reactive ketones (excluding diaryl/α,β-unsaturated/α-hetero) is 1. The highest BCUT2D eigenvalue weighted by Crippen LogP contribution is 2.46. The predicted molar refractivity (Wildman–Crippen MR) is 196 cm³/mol. The summed E-state index contributed by atoms with van der Waals surface area (Å²) in [5, 5.41) is 21.5. The van der Waals surface area contributed by atoms with E-state index >= 15 is 0 Å². The van der Waals surface area contributed by atoms with Gasteiger partial charge in [-0.05, 0) is 53.9 Å². The van der Waals surface area contributed by atoms with Crippen LogP contribution in [0.3, 0.4) is 0 Å². The van der Waals surface area contributed by atoms with Gasteiger partial charge >= 0.3 is 0 Å². The van der Waals surface area contributed by atoms with Crippen LogP contribution in [0, 0.1) is 0 Å². The summed E-state index contributed by atoms with van der Waals surface area (Å²) >= 11 is 8.93. The van der Waals surface area contributed by atoms with Gasteiger partial charge in [0.25, 0.3) is 5.91 Å². The number of carbonyl (C=O) groups is 2. The summed E-state index contributed by atoms with van der Waals surface area (Å²) in [6.45, 7) is 2.47. The Morgan fingerprint density at radius 1 is 0.961 bits per heavy atom. The molecule has 10 nitrogen and oxygen atoms in total. The molecule has 6 aromatic rings. The van der Waals surface area contributed by atoms with Crippen molar-refractivity contribution in [2.75, 3.05) is 18.6 Å². The van der Waals surface area contributed by atoms with E-state index in [1.54, 1.807) is 42.5 Å². The van der Waals surface area contributed by atoms with Gasteiger partial charge in [-0.25, -0.2) is 0 Å². The standard InChI is InChI=1S/C38H30ClN3O7S2/c1-3-47-29-18-23(16-17-27(29)48-20-22-10-5-4-6-11-22)32-31(33(43)30-19-24-13-9-15-28(46-2)35(24)49-30)34(44)36(45)42(32)37-40-41-38(51-37)50-21-25-12-7-8-14-26(25)39/h4-19,32,44H,3,20-21H2,1-2H3. The second-order valence-electron chi connectivity index (χ2n) is 11.3. The number of nitrogens with zero attached hydrogens (tertiary/aromatic N) is 3. The number of thioether (sulfide) groups is 1. The molecule has 0 spiro atoms. The molecule has 1 unspecified atom stereocenters. The van der Waals surface area contributed by atoms with Crippen molar-refractivity contribution in [3.05, 3.63) is 136 Å². The highest BCUT2D eigenvalue weighted by Gasteiger charge is 2.47. The maximum absolute atomic E-state index is 14.3. The van der Waals surface area contributed by atoms with Crippen LogP contribution in [0.1, 0.15) is 40.2 Å². The Morgan fingerprint density at radius 3 is 2.55 bits per heavy atom. The molecule has 51 heavy (non-hydrogen) atoms. The molecule has 1 atom stereocenters. The molecule has 4 aromatic carbocycles. The minimum atomic E-state index is -1.11. The van der Waals surface area contributed by atoms with E-state index in [1.807, 2.05) is 61.5 Å². The maximum Gasteiger partial charge on any atom is 0.296 e. The molecule has 0 saturated heterocycles. The summed E-state index contributed by atoms with van der Waals surface area (Å²) < 4.78 is 24.1. The van der Waals surface area contributed by atoms with Crippen molar-refractivity contribution in [3.63, 3.8) is 0 Å². The fraction of sp³-hybridized carbons (Fsp3) is 0.158. The van der Waals surface area contributed by atoms with E-state index in [4.69, 9.17) is 30.2 Å². The topological polar surface area (TPSA) is 124 Å². The van der Waals surface area contributed by atoms with Crippen LogP contribution in [0.2, 0.25) is 5.02 Å². The molecular weight excluding hydrogens is 710 g/mol. The molecule has 1 aliphatic heterocycles. The van der Waals surface area contributed by atoms with Crippen molar-refractivity contribution in [2.24, 2.45) is 0 Å². The SMILES string of the molecule is CCOc1cc(C2C(C(=O)c3cc4cccc(OC)c4o3)=C(O)C(=O)N2c2nnc(SCc3ccccc3Cl)s2)ccc1OCc1ccccc1. The summed E-state index contributed by atoms with van der Waals surface area (Å²) in [6, 6.07) is 28.1. The molecule has 1 aliphatic rings. The average molecular weight is 740 g/mol. The Labute approximate surface area is 306 Å². The summed E-state index contributed by atoms with van der Waals surface area (Å²) in [5.41, 5.74) is 2.55. The van der Waals surface area contributed by atoms with Crippen molar-refractivity contribution in [2.45, 2.75) is 29.7 Å². The number of fused-ring (bicyclic) bond motifs is 1. The lowest BCUT2D eigenvalue weighted by atomic mass is 9.95. The second kappa shape index (κ2) is 14.9. The van der Waals surface area contributed by atoms with Crippen LogP contribution in [0.4, 0.5) is 5.13 Å². The van der Waals surface area contributed by atoms with Crippen LogP contribution in [0.5, 0.6) is 17.2 Å². The number of anilines is 1. The first-order chi connectivity index (χ1) is 24.9. The molecule has 1 amide bonds. The highest BCUT2D eigenvalue weighted by molar-refractivity contribution is 8.00. The Morgan fingerprint density at radius 2 is 1.76 bits per heavy atom. The van der Waals surface area contributed by atoms with Crippen LogP contribution in [-0.2, 0) is 17.2 Å². The predicted octanol–water partition coefficient (Wildman–Crippen LogP) is 9.00. The van der Waals surface area contributed by atoms with Gasteiger partial charge in [-0.2, -0.15) is 0 Å². The Balaban J connectivity index is 1.27. The highest BCUT2D eigenvalue weighted by atomic mass is 35.5. The van der Waals surface area contributed by atoms with E-state index in [-0.39, 0.29) is 16.5 Å². The monoisotopic (exact) mass is 739 g/mol. The smallest absolute Gasteiger partial charge is 0.296 e. The number of hydrogen-bond acceptors (Lipinski definition) is 11. The number of para-hydroxylation sites is 1. The Hall–Kier alpha value is -5.30. The number of ether oxygens (including phenoxy) is 3. The van der Waals surface area contributed by atoms with Crippen LogP contribution in [0.25, 0.3) is 11.0 Å². The van der Waals surface area contributed by atoms with Crippen LogP contribution in [-0.4, -0.2) is 40.7 Å². The van der Waals surface area contributed by atoms with Crippen molar-refractivity contribution in [3.8, 4) is 17.2 Å². The van der Waals surface area contributed by atoms with E-state index in [2.05, 4.69) is 10.2 Å². The first kappa shape index (κ1) is 34.2. The lowest BCUT2D eigenvalue weighted by Gasteiger charge is -2.25. The van der Waals surface area contributed by atoms with Crippen molar-refractivity contribution < 1.29 is 33.3 Å². The van der Waals surface area contributed by atoms with Gasteiger partial charge in [-0.15, -0.1) is 10.2 Å². The Bertz CT molecular complexity index is 2270. The number of aliphatic hydroxyl groups is 1. The second-order valence-corrected chi connectivity index (χ2v) is 13.9. The minimum Gasteiger partial charge on any atom is -0.503 e. The molecule has 3 heterocycles. The first-order valence-electron chi connectivity index (χ1n) is 15.9. The zero-order valence-corrected chi connectivity index (χ0v) is 29.8. The van der Waals surface area contributed by atoms with E-state index in [0.717, 1.165) is 22.5 Å². The normalized spacial score (nSPS) is 14.4. The molecule has 2 aromatic heterocycles. The number of methoxy groups -OCH3 is 1. The summed E-state index contributed by atoms with van der Waals surface area (Å²) in [7, 11) is 1.50. The number of aliphatic hydroxyl groups excluding tert-OH is 1. The third-order valence-electron chi connectivity index (χ3n) is 8.14. The quantitative estimate of drug-likeness (QED) is 0.0697. The number of aromatic nitrogens is 2. The molecule has 7 rings (SSSR count). The molecule has 0 aliphatic carbocycles. The fourth-order valence-electron chi connectivity index (χ4n) is 5.72. The number of rotatable bonds is 13. The summed E-state index contributed by atoms with van der Waals surface area (Å²) in [6.07, 6.45) is 0. The average Bonchev–Trinajstić information content (AvgIpc) is 3.87. The zero-order valence-electron chi connectivity index (χ0n) is 27.4. The molecule has 258 valence electrons. The summed E-state index contributed by atoms with van der Waals surface area (Å²) in [4.78, 5) is 29.6. The van der Waals surface area contributed by atoms with Gasteiger partial charge in [0, 0.05) is 16.2 Å².